The van der Waals surface area contributed by atoms with Crippen LogP contribution in [0.3, 0.4) is 0 Å². The summed E-state index contributed by atoms with van der Waals surface area (Å²) < 4.78 is 5.04. The molecule has 0 rings (SSSR count). The zero-order chi connectivity index (χ0) is 11.7. The van der Waals surface area contributed by atoms with Gasteiger partial charge in [0, 0.05) is 18.8 Å². The van der Waals surface area contributed by atoms with Gasteiger partial charge in [0.05, 0.1) is 19.4 Å². The minimum atomic E-state index is 0.201. The molecule has 3 heteroatoms. The van der Waals surface area contributed by atoms with Gasteiger partial charge < -0.3 is 10.1 Å². The lowest BCUT2D eigenvalue weighted by molar-refractivity contribution is 0.293. The first-order chi connectivity index (χ1) is 7.15. The van der Waals surface area contributed by atoms with Gasteiger partial charge in [0.1, 0.15) is 0 Å². The highest BCUT2D eigenvalue weighted by molar-refractivity contribution is 5.17. The number of allylic oxidation sites excluding steroid dienone is 3. The second-order valence-electron chi connectivity index (χ2n) is 3.16. The van der Waals surface area contributed by atoms with Crippen molar-refractivity contribution >= 4 is 0 Å². The molecule has 0 heterocycles. The molecule has 0 saturated heterocycles. The van der Waals surface area contributed by atoms with Crippen LogP contribution in [-0.2, 0) is 4.74 Å². The van der Waals surface area contributed by atoms with Crippen molar-refractivity contribution in [2.45, 2.75) is 19.9 Å². The highest BCUT2D eigenvalue weighted by atomic mass is 16.5. The van der Waals surface area contributed by atoms with Crippen LogP contribution in [-0.4, -0.2) is 26.7 Å². The van der Waals surface area contributed by atoms with E-state index in [0.29, 0.717) is 6.54 Å². The maximum atomic E-state index is 5.18. The first-order valence-corrected chi connectivity index (χ1v) is 4.92. The van der Waals surface area contributed by atoms with Gasteiger partial charge in [-0.15, -0.1) is 6.42 Å². The molecule has 0 aromatic rings. The average Bonchev–Trinajstić information content (AvgIpc) is 2.26. The van der Waals surface area contributed by atoms with Crippen LogP contribution in [0.25, 0.3) is 0 Å². The van der Waals surface area contributed by atoms with Gasteiger partial charge in [0.2, 0.25) is 0 Å². The number of methoxy groups -OCH3 is 1. The summed E-state index contributed by atoms with van der Waals surface area (Å²) in [6, 6.07) is 0.201. The van der Waals surface area contributed by atoms with Crippen LogP contribution in [0.15, 0.2) is 23.6 Å². The first kappa shape index (κ1) is 13.6. The molecule has 0 aromatic carbocycles. The molecule has 1 atom stereocenters. The van der Waals surface area contributed by atoms with Crippen LogP contribution in [0.5, 0.6) is 0 Å². The number of rotatable bonds is 6. The first-order valence-electron chi connectivity index (χ1n) is 4.92. The van der Waals surface area contributed by atoms with E-state index < -0.39 is 0 Å². The molecule has 1 unspecified atom stereocenters. The minimum Gasteiger partial charge on any atom is -0.501 e. The molecule has 84 valence electrons. The third kappa shape index (κ3) is 5.82. The van der Waals surface area contributed by atoms with Crippen molar-refractivity contribution in [3.8, 4) is 12.3 Å². The van der Waals surface area contributed by atoms with Crippen LogP contribution < -0.4 is 10.6 Å². The van der Waals surface area contributed by atoms with Crippen molar-refractivity contribution < 1.29 is 4.74 Å². The lowest BCUT2D eigenvalue weighted by Gasteiger charge is -2.15. The smallest absolute Gasteiger partial charge is 0.0925 e. The highest BCUT2D eigenvalue weighted by Gasteiger charge is 2.03. The maximum absolute atomic E-state index is 5.18. The van der Waals surface area contributed by atoms with Crippen LogP contribution in [0.2, 0.25) is 0 Å². The van der Waals surface area contributed by atoms with E-state index in [1.54, 1.807) is 7.11 Å². The molecule has 0 aliphatic rings. The zero-order valence-corrected chi connectivity index (χ0v) is 9.92. The van der Waals surface area contributed by atoms with Crippen molar-refractivity contribution in [2.24, 2.45) is 0 Å². The Morgan fingerprint density at radius 2 is 2.20 bits per heavy atom. The quantitative estimate of drug-likeness (QED) is 0.391. The largest absolute Gasteiger partial charge is 0.501 e. The monoisotopic (exact) mass is 208 g/mol. The molecule has 0 bridgehead atoms. The van der Waals surface area contributed by atoms with Gasteiger partial charge in [-0.05, 0) is 26.0 Å². The Kier molecular flexibility index (Phi) is 7.21. The van der Waals surface area contributed by atoms with Gasteiger partial charge in [0.25, 0.3) is 0 Å². The lowest BCUT2D eigenvalue weighted by atomic mass is 10.2. The van der Waals surface area contributed by atoms with E-state index in [9.17, 15) is 0 Å². The molecule has 0 aliphatic heterocycles. The molecule has 0 fully saturated rings. The van der Waals surface area contributed by atoms with Crippen LogP contribution in [0, 0.1) is 12.3 Å². The molecular weight excluding hydrogens is 188 g/mol. The van der Waals surface area contributed by atoms with Crippen LogP contribution in [0.4, 0.5) is 0 Å². The second-order valence-corrected chi connectivity index (χ2v) is 3.16. The molecule has 3 nitrogen and oxygen atoms in total. The number of hydrogen-bond donors (Lipinski definition) is 2. The van der Waals surface area contributed by atoms with E-state index in [0.717, 1.165) is 11.5 Å². The van der Waals surface area contributed by atoms with Gasteiger partial charge in [-0.3, -0.25) is 5.32 Å². The van der Waals surface area contributed by atoms with E-state index in [-0.39, 0.29) is 6.04 Å². The third-order valence-corrected chi connectivity index (χ3v) is 2.09. The summed E-state index contributed by atoms with van der Waals surface area (Å²) in [4.78, 5) is 0. The predicted molar refractivity (Wildman–Crippen MR) is 64.2 cm³/mol. The van der Waals surface area contributed by atoms with Crippen molar-refractivity contribution in [2.75, 3.05) is 20.7 Å². The van der Waals surface area contributed by atoms with Gasteiger partial charge in [-0.2, -0.15) is 0 Å². The Labute approximate surface area is 92.6 Å². The van der Waals surface area contributed by atoms with E-state index in [1.807, 2.05) is 26.1 Å². The Bertz CT molecular complexity index is 274. The topological polar surface area (TPSA) is 33.3 Å². The fraction of sp³-hybridized carbons (Fsp3) is 0.500. The standard InChI is InChI=1S/C12H20N2O/c1-6-9-14-11(3)12(13-4)8-7-10(2)15-5/h1,7-8,11,13-14H,9H2,2-5H3/b10-7+,12-8+. The molecule has 0 radical (unpaired) electrons. The summed E-state index contributed by atoms with van der Waals surface area (Å²) in [6.07, 6.45) is 9.07. The highest BCUT2D eigenvalue weighted by Crippen LogP contribution is 2.00. The lowest BCUT2D eigenvalue weighted by Crippen LogP contribution is -2.33. The predicted octanol–water partition coefficient (Wildman–Crippen LogP) is 1.25. The van der Waals surface area contributed by atoms with Crippen LogP contribution >= 0.6 is 0 Å². The third-order valence-electron chi connectivity index (χ3n) is 2.09. The number of nitrogens with one attached hydrogen (secondary N) is 2. The van der Waals surface area contributed by atoms with Crippen molar-refractivity contribution in [3.05, 3.63) is 23.6 Å². The average molecular weight is 208 g/mol. The Morgan fingerprint density at radius 1 is 1.53 bits per heavy atom. The zero-order valence-electron chi connectivity index (χ0n) is 9.92. The van der Waals surface area contributed by atoms with Gasteiger partial charge >= 0.3 is 0 Å². The van der Waals surface area contributed by atoms with E-state index in [1.165, 1.54) is 0 Å². The van der Waals surface area contributed by atoms with E-state index in [4.69, 9.17) is 11.2 Å². The van der Waals surface area contributed by atoms with Crippen LogP contribution in [0.1, 0.15) is 13.8 Å². The molecule has 0 amide bonds. The number of ether oxygens (including phenoxy) is 1. The second kappa shape index (κ2) is 7.95. The van der Waals surface area contributed by atoms with Gasteiger partial charge in [-0.1, -0.05) is 5.92 Å². The molecule has 0 spiro atoms. The fourth-order valence-corrected chi connectivity index (χ4v) is 1.04. The maximum Gasteiger partial charge on any atom is 0.0925 e. The Hall–Kier alpha value is -1.40. The van der Waals surface area contributed by atoms with Gasteiger partial charge in [-0.25, -0.2) is 0 Å². The Balaban J connectivity index is 4.41. The number of hydrogen-bond acceptors (Lipinski definition) is 3. The molecule has 0 aliphatic carbocycles. The molecular formula is C12H20N2O. The number of terminal acetylenes is 1. The van der Waals surface area contributed by atoms with E-state index >= 15 is 0 Å². The molecule has 2 N–H and O–H groups in total. The minimum absolute atomic E-state index is 0.201. The SMILES string of the molecule is C#CCNC(C)/C(=C\C=C(/C)OC)NC. The molecule has 15 heavy (non-hydrogen) atoms. The summed E-state index contributed by atoms with van der Waals surface area (Å²) in [5.41, 5.74) is 1.07. The summed E-state index contributed by atoms with van der Waals surface area (Å²) >= 11 is 0. The molecule has 0 aromatic heterocycles. The summed E-state index contributed by atoms with van der Waals surface area (Å²) in [5, 5.41) is 6.31. The summed E-state index contributed by atoms with van der Waals surface area (Å²) in [5.74, 6) is 3.41. The number of likely N-dealkylation sites (N-methyl/N-ethyl adjacent to an activating group) is 1. The fourth-order valence-electron chi connectivity index (χ4n) is 1.04. The Morgan fingerprint density at radius 3 is 2.67 bits per heavy atom. The van der Waals surface area contributed by atoms with Crippen molar-refractivity contribution in [1.82, 2.24) is 10.6 Å². The summed E-state index contributed by atoms with van der Waals surface area (Å²) in [6.45, 7) is 4.52. The van der Waals surface area contributed by atoms with Crippen molar-refractivity contribution in [1.29, 1.82) is 0 Å². The summed E-state index contributed by atoms with van der Waals surface area (Å²) in [7, 11) is 3.54. The van der Waals surface area contributed by atoms with Crippen molar-refractivity contribution in [3.63, 3.8) is 0 Å². The van der Waals surface area contributed by atoms with Gasteiger partial charge in [0.15, 0.2) is 0 Å². The van der Waals surface area contributed by atoms with E-state index in [2.05, 4.69) is 23.5 Å². The molecule has 0 saturated carbocycles. The normalized spacial score (nSPS) is 14.3.